The Bertz CT molecular complexity index is 601. The van der Waals surface area contributed by atoms with E-state index in [0.717, 1.165) is 57.8 Å². The molecule has 1 atom stereocenters. The van der Waals surface area contributed by atoms with Crippen LogP contribution in [0.5, 0.6) is 0 Å². The van der Waals surface area contributed by atoms with Crippen molar-refractivity contribution in [2.24, 2.45) is 0 Å². The highest BCUT2D eigenvalue weighted by Gasteiger charge is 2.35. The lowest BCUT2D eigenvalue weighted by Crippen LogP contribution is -2.34. The van der Waals surface area contributed by atoms with E-state index in [-0.39, 0.29) is 13.2 Å². The second kappa shape index (κ2) is 24.5. The minimum absolute atomic E-state index is 0.0732. The SMILES string of the molecule is CCCCCCCCOC(=O)CC(C(=O)OCCCCCCCC)S(=O)(=O)O.CCN(CC)CC. The van der Waals surface area contributed by atoms with E-state index in [1.54, 1.807) is 0 Å². The van der Waals surface area contributed by atoms with Gasteiger partial charge in [0, 0.05) is 0 Å². The van der Waals surface area contributed by atoms with Crippen LogP contribution < -0.4 is 0 Å². The third-order valence-electron chi connectivity index (χ3n) is 5.82. The average molecular weight is 524 g/mol. The summed E-state index contributed by atoms with van der Waals surface area (Å²) >= 11 is 0. The van der Waals surface area contributed by atoms with E-state index in [2.05, 4.69) is 39.5 Å². The lowest BCUT2D eigenvalue weighted by Gasteiger charge is -2.13. The van der Waals surface area contributed by atoms with Gasteiger partial charge >= 0.3 is 11.9 Å². The lowest BCUT2D eigenvalue weighted by molar-refractivity contribution is -0.150. The van der Waals surface area contributed by atoms with Crippen LogP contribution in [-0.2, 0) is 29.2 Å². The van der Waals surface area contributed by atoms with E-state index in [4.69, 9.17) is 9.47 Å². The molecule has 0 bridgehead atoms. The molecule has 0 aromatic rings. The van der Waals surface area contributed by atoms with Gasteiger partial charge in [-0.05, 0) is 32.5 Å². The molecule has 1 N–H and O–H groups in total. The van der Waals surface area contributed by atoms with Crippen LogP contribution in [-0.4, -0.2) is 67.9 Å². The Morgan fingerprint density at radius 1 is 0.686 bits per heavy atom. The molecule has 0 heterocycles. The molecular weight excluding hydrogens is 470 g/mol. The third kappa shape index (κ3) is 23.0. The number of hydrogen-bond donors (Lipinski definition) is 1. The molecule has 1 unspecified atom stereocenters. The van der Waals surface area contributed by atoms with E-state index in [9.17, 15) is 22.6 Å². The van der Waals surface area contributed by atoms with E-state index in [1.165, 1.54) is 26.1 Å². The number of carbonyl (C=O) groups excluding carboxylic acids is 2. The number of rotatable bonds is 21. The molecule has 0 radical (unpaired) electrons. The second-order valence-corrected chi connectivity index (χ2v) is 10.3. The number of unbranched alkanes of at least 4 members (excludes halogenated alkanes) is 10. The van der Waals surface area contributed by atoms with E-state index < -0.39 is 33.7 Å². The Balaban J connectivity index is 0. The zero-order chi connectivity index (χ0) is 27.0. The number of hydrogen-bond acceptors (Lipinski definition) is 7. The maximum Gasteiger partial charge on any atom is 0.327 e. The summed E-state index contributed by atoms with van der Waals surface area (Å²) in [5.41, 5.74) is 0. The van der Waals surface area contributed by atoms with Gasteiger partial charge in [0.15, 0.2) is 5.25 Å². The number of ether oxygens (including phenoxy) is 2. The first-order valence-corrected chi connectivity index (χ1v) is 15.2. The van der Waals surface area contributed by atoms with Crippen LogP contribution in [0, 0.1) is 0 Å². The molecule has 0 fully saturated rings. The van der Waals surface area contributed by atoms with Crippen LogP contribution >= 0.6 is 0 Å². The first-order valence-electron chi connectivity index (χ1n) is 13.7. The highest BCUT2D eigenvalue weighted by molar-refractivity contribution is 7.87. The molecule has 9 heteroatoms. The van der Waals surface area contributed by atoms with Gasteiger partial charge in [-0.2, -0.15) is 8.42 Å². The quantitative estimate of drug-likeness (QED) is 0.114. The third-order valence-corrected chi connectivity index (χ3v) is 6.90. The van der Waals surface area contributed by atoms with Gasteiger partial charge in [-0.3, -0.25) is 14.1 Å². The zero-order valence-electron chi connectivity index (χ0n) is 23.1. The van der Waals surface area contributed by atoms with Gasteiger partial charge in [0.1, 0.15) is 0 Å². The van der Waals surface area contributed by atoms with Crippen molar-refractivity contribution in [3.63, 3.8) is 0 Å². The molecule has 35 heavy (non-hydrogen) atoms. The Kier molecular flexibility index (Phi) is 25.2. The first-order chi connectivity index (χ1) is 16.7. The molecule has 0 saturated heterocycles. The van der Waals surface area contributed by atoms with Gasteiger partial charge in [-0.25, -0.2) is 0 Å². The van der Waals surface area contributed by atoms with Gasteiger partial charge in [-0.15, -0.1) is 0 Å². The van der Waals surface area contributed by atoms with Gasteiger partial charge in [0.05, 0.1) is 19.6 Å². The topological polar surface area (TPSA) is 110 Å². The van der Waals surface area contributed by atoms with Gasteiger partial charge in [-0.1, -0.05) is 98.8 Å². The monoisotopic (exact) mass is 523 g/mol. The first kappa shape index (κ1) is 36.0. The molecule has 0 aliphatic carbocycles. The summed E-state index contributed by atoms with van der Waals surface area (Å²) in [6.45, 7) is 14.6. The molecule has 0 aliphatic heterocycles. The molecule has 8 nitrogen and oxygen atoms in total. The smallest absolute Gasteiger partial charge is 0.327 e. The van der Waals surface area contributed by atoms with Crippen LogP contribution in [0.1, 0.15) is 118 Å². The molecule has 0 rings (SSSR count). The highest BCUT2D eigenvalue weighted by Crippen LogP contribution is 2.11. The number of carbonyl (C=O) groups is 2. The van der Waals surface area contributed by atoms with Crippen molar-refractivity contribution in [3.8, 4) is 0 Å². The molecule has 0 aromatic heterocycles. The summed E-state index contributed by atoms with van der Waals surface area (Å²) in [7, 11) is -4.73. The maximum atomic E-state index is 12.0. The second-order valence-electron chi connectivity index (χ2n) is 8.75. The minimum atomic E-state index is -4.73. The van der Waals surface area contributed by atoms with Crippen LogP contribution in [0.2, 0.25) is 0 Å². The van der Waals surface area contributed by atoms with Crippen molar-refractivity contribution in [2.45, 2.75) is 123 Å². The van der Waals surface area contributed by atoms with Gasteiger partial charge in [0.2, 0.25) is 0 Å². The molecular formula is C26H53NO7S. The van der Waals surface area contributed by atoms with Crippen molar-refractivity contribution in [2.75, 3.05) is 32.8 Å². The summed E-state index contributed by atoms with van der Waals surface area (Å²) in [5, 5.41) is -1.93. The molecule has 210 valence electrons. The van der Waals surface area contributed by atoms with Crippen molar-refractivity contribution in [3.05, 3.63) is 0 Å². The molecule has 0 amide bonds. The minimum Gasteiger partial charge on any atom is -0.466 e. The van der Waals surface area contributed by atoms with Crippen molar-refractivity contribution >= 4 is 22.1 Å². The fourth-order valence-electron chi connectivity index (χ4n) is 3.41. The molecule has 0 aromatic carbocycles. The average Bonchev–Trinajstić information content (AvgIpc) is 2.82. The highest BCUT2D eigenvalue weighted by atomic mass is 32.2. The van der Waals surface area contributed by atoms with Crippen LogP contribution in [0.3, 0.4) is 0 Å². The fraction of sp³-hybridized carbons (Fsp3) is 0.923. The van der Waals surface area contributed by atoms with Crippen LogP contribution in [0.15, 0.2) is 0 Å². The number of nitrogens with zero attached hydrogens (tertiary/aromatic N) is 1. The van der Waals surface area contributed by atoms with E-state index in [1.807, 2.05) is 0 Å². The largest absolute Gasteiger partial charge is 0.466 e. The molecule has 0 saturated carbocycles. The van der Waals surface area contributed by atoms with Crippen molar-refractivity contribution < 1.29 is 32.0 Å². The Labute approximate surface area is 215 Å². The van der Waals surface area contributed by atoms with Gasteiger partial charge in [0.25, 0.3) is 10.1 Å². The van der Waals surface area contributed by atoms with Crippen LogP contribution in [0.4, 0.5) is 0 Å². The lowest BCUT2D eigenvalue weighted by atomic mass is 10.1. The fourth-order valence-corrected chi connectivity index (χ4v) is 4.07. The normalized spacial score (nSPS) is 12.1. The summed E-state index contributed by atoms with van der Waals surface area (Å²) in [6.07, 6.45) is 11.3. The Morgan fingerprint density at radius 2 is 1.09 bits per heavy atom. The molecule has 0 spiro atoms. The van der Waals surface area contributed by atoms with Gasteiger partial charge < -0.3 is 14.4 Å². The summed E-state index contributed by atoms with van der Waals surface area (Å²) in [6, 6.07) is 0. The predicted octanol–water partition coefficient (Wildman–Crippen LogP) is 5.79. The predicted molar refractivity (Wildman–Crippen MR) is 142 cm³/mol. The standard InChI is InChI=1S/C20H38O7S.C6H15N/c1-3-5-7-9-11-13-15-26-19(21)17-18(28(23,24)25)20(22)27-16-14-12-10-8-6-4-2;1-4-7(5-2)6-3/h18H,3-17H2,1-2H3,(H,23,24,25);4-6H2,1-3H3. The maximum absolute atomic E-state index is 12.0. The molecule has 0 aliphatic rings. The van der Waals surface area contributed by atoms with Crippen LogP contribution in [0.25, 0.3) is 0 Å². The summed E-state index contributed by atoms with van der Waals surface area (Å²) in [4.78, 5) is 26.2. The van der Waals surface area contributed by atoms with Crippen molar-refractivity contribution in [1.29, 1.82) is 0 Å². The van der Waals surface area contributed by atoms with E-state index in [0.29, 0.717) is 12.8 Å². The summed E-state index contributed by atoms with van der Waals surface area (Å²) in [5.74, 6) is -1.93. The van der Waals surface area contributed by atoms with E-state index >= 15 is 0 Å². The Morgan fingerprint density at radius 3 is 1.46 bits per heavy atom. The zero-order valence-corrected chi connectivity index (χ0v) is 23.9. The Hall–Kier alpha value is -1.19. The summed E-state index contributed by atoms with van der Waals surface area (Å²) < 4.78 is 42.0. The number of esters is 2. The van der Waals surface area contributed by atoms with Crippen molar-refractivity contribution in [1.82, 2.24) is 4.90 Å².